The molecule has 7 heteroatoms. The lowest BCUT2D eigenvalue weighted by molar-refractivity contribution is -0.121. The molecule has 1 atom stereocenters. The summed E-state index contributed by atoms with van der Waals surface area (Å²) in [5.74, 6) is 1.86. The zero-order valence-electron chi connectivity index (χ0n) is 13.5. The molecule has 0 saturated heterocycles. The molecule has 2 amide bonds. The number of carbonyl (C=O) groups is 2. The summed E-state index contributed by atoms with van der Waals surface area (Å²) in [6.07, 6.45) is 7.25. The number of nitrogens with zero attached hydrogens (tertiary/aromatic N) is 2. The second-order valence-corrected chi connectivity index (χ2v) is 8.87. The molecule has 0 radical (unpaired) electrons. The molecule has 2 aliphatic heterocycles. The van der Waals surface area contributed by atoms with Crippen molar-refractivity contribution >= 4 is 46.2 Å². The van der Waals surface area contributed by atoms with Crippen molar-refractivity contribution in [1.82, 2.24) is 5.32 Å². The van der Waals surface area contributed by atoms with Crippen LogP contribution in [0.15, 0.2) is 20.5 Å². The second kappa shape index (κ2) is 7.04. The maximum atomic E-state index is 12.4. The Kier molecular flexibility index (Phi) is 4.81. The SMILES string of the molecule is O=C(CCSCC1=NC(=O)C2C(=N1)SC1=C2CCCC1)NC1CC1. The van der Waals surface area contributed by atoms with Crippen LogP contribution in [-0.4, -0.2) is 40.2 Å². The first kappa shape index (κ1) is 16.4. The van der Waals surface area contributed by atoms with Gasteiger partial charge in [-0.2, -0.15) is 16.8 Å². The Bertz CT molecular complexity index is 665. The summed E-state index contributed by atoms with van der Waals surface area (Å²) in [5, 5.41) is 3.92. The largest absolute Gasteiger partial charge is 0.353 e. The number of carbonyl (C=O) groups excluding carboxylic acids is 2. The number of amides is 2. The van der Waals surface area contributed by atoms with Crippen molar-refractivity contribution in [2.24, 2.45) is 15.9 Å². The summed E-state index contributed by atoms with van der Waals surface area (Å²) < 4.78 is 0. The standard InChI is InChI=1S/C17H21N3O2S2/c21-14(18-10-5-6-10)7-8-23-9-13-19-16(22)15-11-3-1-2-4-12(11)24-17(15)20-13/h10,15H,1-9H2,(H,18,21). The van der Waals surface area contributed by atoms with Crippen LogP contribution in [0.4, 0.5) is 0 Å². The molecular formula is C17H21N3O2S2. The molecule has 4 rings (SSSR count). The number of allylic oxidation sites excluding steroid dienone is 1. The Morgan fingerprint density at radius 3 is 2.92 bits per heavy atom. The van der Waals surface area contributed by atoms with Gasteiger partial charge in [-0.25, -0.2) is 4.99 Å². The molecule has 4 aliphatic rings. The lowest BCUT2D eigenvalue weighted by atomic mass is 9.89. The van der Waals surface area contributed by atoms with E-state index in [-0.39, 0.29) is 17.7 Å². The first-order valence-corrected chi connectivity index (χ1v) is 10.6. The Labute approximate surface area is 150 Å². The van der Waals surface area contributed by atoms with E-state index in [4.69, 9.17) is 0 Å². The maximum absolute atomic E-state index is 12.4. The van der Waals surface area contributed by atoms with E-state index in [1.807, 2.05) is 0 Å². The van der Waals surface area contributed by atoms with Gasteiger partial charge in [0.15, 0.2) is 0 Å². The van der Waals surface area contributed by atoms with Crippen LogP contribution in [0.1, 0.15) is 44.9 Å². The van der Waals surface area contributed by atoms with Crippen LogP contribution in [-0.2, 0) is 9.59 Å². The minimum absolute atomic E-state index is 0.0403. The Morgan fingerprint density at radius 1 is 1.25 bits per heavy atom. The molecular weight excluding hydrogens is 342 g/mol. The van der Waals surface area contributed by atoms with E-state index in [0.717, 1.165) is 36.5 Å². The minimum Gasteiger partial charge on any atom is -0.353 e. The molecule has 128 valence electrons. The Hall–Kier alpha value is -1.08. The summed E-state index contributed by atoms with van der Waals surface area (Å²) >= 11 is 3.32. The van der Waals surface area contributed by atoms with Gasteiger partial charge in [0.1, 0.15) is 11.8 Å². The highest BCUT2D eigenvalue weighted by Gasteiger charge is 2.40. The number of amidine groups is 1. The first-order chi connectivity index (χ1) is 11.7. The third kappa shape index (κ3) is 3.61. The quantitative estimate of drug-likeness (QED) is 0.737. The van der Waals surface area contributed by atoms with E-state index >= 15 is 0 Å². The van der Waals surface area contributed by atoms with Gasteiger partial charge in [-0.3, -0.25) is 9.59 Å². The van der Waals surface area contributed by atoms with Crippen LogP contribution in [0.5, 0.6) is 0 Å². The van der Waals surface area contributed by atoms with Crippen LogP contribution in [0.2, 0.25) is 0 Å². The summed E-state index contributed by atoms with van der Waals surface area (Å²) in [6, 6.07) is 0.420. The zero-order chi connectivity index (χ0) is 16.5. The molecule has 2 aliphatic carbocycles. The summed E-state index contributed by atoms with van der Waals surface area (Å²) in [5.41, 5.74) is 1.28. The van der Waals surface area contributed by atoms with E-state index in [9.17, 15) is 9.59 Å². The highest BCUT2D eigenvalue weighted by Crippen LogP contribution is 2.47. The van der Waals surface area contributed by atoms with Gasteiger partial charge in [0.2, 0.25) is 5.91 Å². The molecule has 0 aromatic carbocycles. The van der Waals surface area contributed by atoms with Crippen LogP contribution in [0.25, 0.3) is 0 Å². The fourth-order valence-electron chi connectivity index (χ4n) is 3.26. The number of hydrogen-bond acceptors (Lipinski definition) is 5. The van der Waals surface area contributed by atoms with Crippen molar-refractivity contribution in [2.75, 3.05) is 11.5 Å². The van der Waals surface area contributed by atoms with Gasteiger partial charge in [-0.15, -0.1) is 0 Å². The van der Waals surface area contributed by atoms with E-state index in [2.05, 4.69) is 15.3 Å². The van der Waals surface area contributed by atoms with Crippen molar-refractivity contribution in [1.29, 1.82) is 0 Å². The average Bonchev–Trinajstić information content (AvgIpc) is 3.28. The lowest BCUT2D eigenvalue weighted by Crippen LogP contribution is -2.27. The minimum atomic E-state index is -0.177. The zero-order valence-corrected chi connectivity index (χ0v) is 15.2. The molecule has 5 nitrogen and oxygen atoms in total. The number of aliphatic imine (C=N–C) groups is 2. The van der Waals surface area contributed by atoms with Crippen molar-refractivity contribution in [2.45, 2.75) is 51.0 Å². The fourth-order valence-corrected chi connectivity index (χ4v) is 5.41. The molecule has 1 fully saturated rings. The van der Waals surface area contributed by atoms with E-state index in [1.54, 1.807) is 23.5 Å². The van der Waals surface area contributed by atoms with Crippen molar-refractivity contribution < 1.29 is 9.59 Å². The normalized spacial score (nSPS) is 25.8. The number of rotatable bonds is 6. The number of thioether (sulfide) groups is 2. The van der Waals surface area contributed by atoms with Gasteiger partial charge in [0.05, 0.1) is 10.8 Å². The monoisotopic (exact) mass is 363 g/mol. The second-order valence-electron chi connectivity index (χ2n) is 6.65. The Morgan fingerprint density at radius 2 is 2.08 bits per heavy atom. The molecule has 1 saturated carbocycles. The van der Waals surface area contributed by atoms with Gasteiger partial charge in [-0.1, -0.05) is 11.8 Å². The molecule has 0 aromatic rings. The highest BCUT2D eigenvalue weighted by atomic mass is 32.2. The van der Waals surface area contributed by atoms with Crippen molar-refractivity contribution in [3.05, 3.63) is 10.5 Å². The van der Waals surface area contributed by atoms with E-state index < -0.39 is 0 Å². The van der Waals surface area contributed by atoms with E-state index in [0.29, 0.717) is 24.1 Å². The van der Waals surface area contributed by atoms with Crippen LogP contribution in [0, 0.1) is 5.92 Å². The van der Waals surface area contributed by atoms with Crippen molar-refractivity contribution in [3.8, 4) is 0 Å². The molecule has 2 heterocycles. The topological polar surface area (TPSA) is 70.9 Å². The van der Waals surface area contributed by atoms with Gasteiger partial charge < -0.3 is 5.32 Å². The predicted molar refractivity (Wildman–Crippen MR) is 99.6 cm³/mol. The van der Waals surface area contributed by atoms with Crippen LogP contribution < -0.4 is 5.32 Å². The molecule has 0 spiro atoms. The lowest BCUT2D eigenvalue weighted by Gasteiger charge is -2.18. The maximum Gasteiger partial charge on any atom is 0.261 e. The summed E-state index contributed by atoms with van der Waals surface area (Å²) in [4.78, 5) is 34.3. The fraction of sp³-hybridized carbons (Fsp3) is 0.647. The first-order valence-electron chi connectivity index (χ1n) is 8.67. The molecule has 1 unspecified atom stereocenters. The van der Waals surface area contributed by atoms with Crippen LogP contribution in [0.3, 0.4) is 0 Å². The van der Waals surface area contributed by atoms with E-state index in [1.165, 1.54) is 23.3 Å². The third-order valence-electron chi connectivity index (χ3n) is 4.65. The predicted octanol–water partition coefficient (Wildman–Crippen LogP) is 2.92. The number of hydrogen-bond donors (Lipinski definition) is 1. The number of nitrogens with one attached hydrogen (secondary N) is 1. The Balaban J connectivity index is 1.28. The smallest absolute Gasteiger partial charge is 0.261 e. The average molecular weight is 364 g/mol. The molecule has 0 aromatic heterocycles. The van der Waals surface area contributed by atoms with Gasteiger partial charge in [-0.05, 0) is 49.0 Å². The van der Waals surface area contributed by atoms with Crippen LogP contribution >= 0.6 is 23.5 Å². The third-order valence-corrected chi connectivity index (χ3v) is 6.86. The van der Waals surface area contributed by atoms with Gasteiger partial charge in [0.25, 0.3) is 5.91 Å². The molecule has 0 bridgehead atoms. The number of fused-ring (bicyclic) bond motifs is 2. The van der Waals surface area contributed by atoms with Gasteiger partial charge >= 0.3 is 0 Å². The molecule has 1 N–H and O–H groups in total. The van der Waals surface area contributed by atoms with Crippen molar-refractivity contribution in [3.63, 3.8) is 0 Å². The highest BCUT2D eigenvalue weighted by molar-refractivity contribution is 8.17. The summed E-state index contributed by atoms with van der Waals surface area (Å²) in [6.45, 7) is 0. The van der Waals surface area contributed by atoms with Gasteiger partial charge in [0, 0.05) is 18.2 Å². The summed E-state index contributed by atoms with van der Waals surface area (Å²) in [7, 11) is 0. The molecule has 24 heavy (non-hydrogen) atoms.